The molecule has 2 saturated heterocycles. The molecule has 3 heterocycles. The number of pyridine rings is 1. The Bertz CT molecular complexity index is 542. The lowest BCUT2D eigenvalue weighted by Gasteiger charge is -2.32. The lowest BCUT2D eigenvalue weighted by atomic mass is 9.79. The number of hydrogen-bond donors (Lipinski definition) is 0. The van der Waals surface area contributed by atoms with Gasteiger partial charge in [0.05, 0.1) is 17.8 Å². The number of halogens is 1. The van der Waals surface area contributed by atoms with Gasteiger partial charge in [0, 0.05) is 23.7 Å². The van der Waals surface area contributed by atoms with Crippen molar-refractivity contribution in [3.63, 3.8) is 0 Å². The summed E-state index contributed by atoms with van der Waals surface area (Å²) in [6, 6.07) is 3.59. The molecule has 120 valence electrons. The molecule has 22 heavy (non-hydrogen) atoms. The van der Waals surface area contributed by atoms with E-state index in [1.807, 2.05) is 33.8 Å². The predicted molar refractivity (Wildman–Crippen MR) is 82.7 cm³/mol. The molecule has 2 fully saturated rings. The summed E-state index contributed by atoms with van der Waals surface area (Å²) in [5.74, 6) is -0.336. The maximum Gasteiger partial charge on any atom is 0.499 e. The Labute approximate surface area is 131 Å². The summed E-state index contributed by atoms with van der Waals surface area (Å²) in [7, 11) is -0.714. The average Bonchev–Trinajstić information content (AvgIpc) is 2.68. The molecule has 1 atom stereocenters. The Morgan fingerprint density at radius 2 is 1.86 bits per heavy atom. The monoisotopic (exact) mass is 307 g/mol. The second-order valence-electron chi connectivity index (χ2n) is 7.12. The summed E-state index contributed by atoms with van der Waals surface area (Å²) in [5.41, 5.74) is 0.136. The van der Waals surface area contributed by atoms with E-state index in [1.165, 1.54) is 0 Å². The van der Waals surface area contributed by atoms with Gasteiger partial charge in [-0.2, -0.15) is 4.39 Å². The molecule has 0 saturated carbocycles. The first kappa shape index (κ1) is 15.9. The second-order valence-corrected chi connectivity index (χ2v) is 7.12. The van der Waals surface area contributed by atoms with Crippen LogP contribution >= 0.6 is 0 Å². The van der Waals surface area contributed by atoms with Gasteiger partial charge in [0.1, 0.15) is 0 Å². The van der Waals surface area contributed by atoms with Gasteiger partial charge in [-0.05, 0) is 46.6 Å². The van der Waals surface area contributed by atoms with Gasteiger partial charge < -0.3 is 14.0 Å². The number of hydrogen-bond acceptors (Lipinski definition) is 4. The number of rotatable bonds is 2. The number of nitrogens with zero attached hydrogens (tertiary/aromatic N) is 1. The third-order valence-electron chi connectivity index (χ3n) is 4.98. The molecule has 1 unspecified atom stereocenters. The lowest BCUT2D eigenvalue weighted by molar-refractivity contribution is 0.00578. The molecule has 2 aliphatic rings. The van der Waals surface area contributed by atoms with Crippen LogP contribution in [0.25, 0.3) is 0 Å². The van der Waals surface area contributed by atoms with E-state index in [2.05, 4.69) is 4.98 Å². The van der Waals surface area contributed by atoms with Crippen molar-refractivity contribution < 1.29 is 18.4 Å². The Morgan fingerprint density at radius 1 is 1.18 bits per heavy atom. The Morgan fingerprint density at radius 3 is 2.41 bits per heavy atom. The molecule has 0 aromatic carbocycles. The van der Waals surface area contributed by atoms with E-state index in [9.17, 15) is 4.39 Å². The van der Waals surface area contributed by atoms with Gasteiger partial charge in [-0.1, -0.05) is 6.07 Å². The van der Waals surface area contributed by atoms with Crippen LogP contribution in [0.3, 0.4) is 0 Å². The van der Waals surface area contributed by atoms with Crippen LogP contribution in [0.2, 0.25) is 0 Å². The van der Waals surface area contributed by atoms with E-state index in [-0.39, 0.29) is 5.92 Å². The SMILES string of the molecule is CC1(C)OB(c2ccc(C3CCCOC3)nc2F)OC1(C)C. The normalized spacial score (nSPS) is 27.1. The molecule has 0 bridgehead atoms. The second kappa shape index (κ2) is 5.58. The van der Waals surface area contributed by atoms with Crippen LogP contribution in [-0.4, -0.2) is 36.5 Å². The predicted octanol–water partition coefficient (Wildman–Crippen LogP) is 2.41. The third kappa shape index (κ3) is 2.80. The number of ether oxygens (including phenoxy) is 1. The van der Waals surface area contributed by atoms with Crippen molar-refractivity contribution in [2.45, 2.75) is 57.7 Å². The third-order valence-corrected chi connectivity index (χ3v) is 4.98. The first-order valence-corrected chi connectivity index (χ1v) is 7.90. The Kier molecular flexibility index (Phi) is 4.04. The van der Waals surface area contributed by atoms with Crippen LogP contribution in [0, 0.1) is 5.95 Å². The van der Waals surface area contributed by atoms with Crippen molar-refractivity contribution in [2.75, 3.05) is 13.2 Å². The molecule has 0 radical (unpaired) electrons. The van der Waals surface area contributed by atoms with Gasteiger partial charge in [-0.3, -0.25) is 0 Å². The molecule has 0 aliphatic carbocycles. The van der Waals surface area contributed by atoms with Gasteiger partial charge in [-0.15, -0.1) is 0 Å². The smallest absolute Gasteiger partial charge is 0.399 e. The van der Waals surface area contributed by atoms with Crippen molar-refractivity contribution in [2.24, 2.45) is 0 Å². The van der Waals surface area contributed by atoms with E-state index in [1.54, 1.807) is 6.07 Å². The Hall–Kier alpha value is -0.975. The van der Waals surface area contributed by atoms with E-state index in [0.717, 1.165) is 25.1 Å². The first-order valence-electron chi connectivity index (χ1n) is 7.90. The highest BCUT2D eigenvalue weighted by Crippen LogP contribution is 2.36. The van der Waals surface area contributed by atoms with Gasteiger partial charge in [0.2, 0.25) is 5.95 Å². The molecular weight excluding hydrogens is 284 g/mol. The van der Waals surface area contributed by atoms with Crippen LogP contribution in [0.1, 0.15) is 52.1 Å². The molecule has 2 aliphatic heterocycles. The summed E-state index contributed by atoms with van der Waals surface area (Å²) in [6.07, 6.45) is 1.98. The molecule has 0 amide bonds. The fourth-order valence-electron chi connectivity index (χ4n) is 2.81. The lowest BCUT2D eigenvalue weighted by Crippen LogP contribution is -2.41. The highest BCUT2D eigenvalue weighted by atomic mass is 19.1. The standard InChI is InChI=1S/C16H23BFNO3/c1-15(2)16(3,4)22-17(21-15)12-7-8-13(19-14(12)18)11-6-5-9-20-10-11/h7-8,11H,5-6,9-10H2,1-4H3. The minimum absolute atomic E-state index is 0.176. The van der Waals surface area contributed by atoms with E-state index < -0.39 is 24.3 Å². The highest BCUT2D eigenvalue weighted by molar-refractivity contribution is 6.62. The topological polar surface area (TPSA) is 40.6 Å². The summed E-state index contributed by atoms with van der Waals surface area (Å²) in [6.45, 7) is 9.20. The maximum absolute atomic E-state index is 14.4. The van der Waals surface area contributed by atoms with Gasteiger partial charge in [0.15, 0.2) is 0 Å². The van der Waals surface area contributed by atoms with E-state index in [0.29, 0.717) is 12.1 Å². The first-order chi connectivity index (χ1) is 10.3. The van der Waals surface area contributed by atoms with Crippen LogP contribution in [0.4, 0.5) is 4.39 Å². The summed E-state index contributed by atoms with van der Waals surface area (Å²) in [5, 5.41) is 0. The molecule has 3 rings (SSSR count). The average molecular weight is 307 g/mol. The zero-order valence-electron chi connectivity index (χ0n) is 13.7. The van der Waals surface area contributed by atoms with Crippen molar-refractivity contribution in [1.29, 1.82) is 0 Å². The summed E-state index contributed by atoms with van der Waals surface area (Å²) < 4.78 is 31.7. The zero-order valence-corrected chi connectivity index (χ0v) is 13.7. The summed E-state index contributed by atoms with van der Waals surface area (Å²) in [4.78, 5) is 4.13. The van der Waals surface area contributed by atoms with Crippen molar-refractivity contribution >= 4 is 12.6 Å². The Balaban J connectivity index is 1.81. The molecule has 4 nitrogen and oxygen atoms in total. The largest absolute Gasteiger partial charge is 0.499 e. The van der Waals surface area contributed by atoms with Crippen molar-refractivity contribution in [1.82, 2.24) is 4.98 Å². The zero-order chi connectivity index (χ0) is 16.0. The molecule has 0 spiro atoms. The highest BCUT2D eigenvalue weighted by Gasteiger charge is 2.52. The fraction of sp³-hybridized carbons (Fsp3) is 0.688. The minimum Gasteiger partial charge on any atom is -0.399 e. The number of aromatic nitrogens is 1. The fourth-order valence-corrected chi connectivity index (χ4v) is 2.81. The molecule has 0 N–H and O–H groups in total. The van der Waals surface area contributed by atoms with Crippen LogP contribution in [-0.2, 0) is 14.0 Å². The summed E-state index contributed by atoms with van der Waals surface area (Å²) >= 11 is 0. The quantitative estimate of drug-likeness (QED) is 0.621. The van der Waals surface area contributed by atoms with Gasteiger partial charge in [-0.25, -0.2) is 4.98 Å². The molecular formula is C16H23BFNO3. The van der Waals surface area contributed by atoms with Gasteiger partial charge in [0.25, 0.3) is 0 Å². The minimum atomic E-state index is -0.714. The van der Waals surface area contributed by atoms with E-state index >= 15 is 0 Å². The van der Waals surface area contributed by atoms with Gasteiger partial charge >= 0.3 is 7.12 Å². The molecule has 6 heteroatoms. The van der Waals surface area contributed by atoms with Crippen molar-refractivity contribution in [3.05, 3.63) is 23.8 Å². The molecule has 1 aromatic heterocycles. The van der Waals surface area contributed by atoms with Crippen LogP contribution in [0.15, 0.2) is 12.1 Å². The maximum atomic E-state index is 14.4. The van der Waals surface area contributed by atoms with Crippen LogP contribution < -0.4 is 5.46 Å². The van der Waals surface area contributed by atoms with Crippen LogP contribution in [0.5, 0.6) is 0 Å². The van der Waals surface area contributed by atoms with E-state index in [4.69, 9.17) is 14.0 Å². The van der Waals surface area contributed by atoms with Crippen molar-refractivity contribution in [3.8, 4) is 0 Å². The molecule has 1 aromatic rings.